The second kappa shape index (κ2) is 9.92. The van der Waals surface area contributed by atoms with E-state index in [1.807, 2.05) is 0 Å². The molecule has 188 valence electrons. The molecular weight excluding hydrogens is 488 g/mol. The van der Waals surface area contributed by atoms with Crippen molar-refractivity contribution >= 4 is 18.0 Å². The van der Waals surface area contributed by atoms with E-state index in [0.29, 0.717) is 11.1 Å². The number of carboxylic acid groups (broad SMARTS) is 1. The molecule has 0 fully saturated rings. The molecule has 0 spiro atoms. The SMILES string of the molecule is Cc1cc(OC(F)(F)F)cc2c1O[C@H](C(F)(F)F)C(C(=O)OCO/N=[N+](\[O-])N(C)CC(=O)O)=C2. The fourth-order valence-electron chi connectivity index (χ4n) is 2.62. The van der Waals surface area contributed by atoms with Crippen molar-refractivity contribution in [3.63, 3.8) is 0 Å². The van der Waals surface area contributed by atoms with Crippen molar-refractivity contribution in [1.29, 1.82) is 0 Å². The lowest BCUT2D eigenvalue weighted by Gasteiger charge is -2.29. The standard InChI is InChI=1S/C17H15F6N3O8/c1-8-3-10(34-17(21,22)23)4-9-5-11(14(16(18,19)20)33-13(8)9)15(29)31-7-32-24-26(30)25(2)6-12(27)28/h3-5,14H,6-7H2,1-2H3,(H,27,28)/b26-24-/t14-/m0/s1. The third kappa shape index (κ3) is 7.04. The van der Waals surface area contributed by atoms with Crippen LogP contribution in [0.4, 0.5) is 26.3 Å². The van der Waals surface area contributed by atoms with Gasteiger partial charge in [-0.15, -0.1) is 18.2 Å². The zero-order chi connectivity index (χ0) is 25.8. The molecule has 17 heteroatoms. The number of hydrogen-bond donors (Lipinski definition) is 1. The Balaban J connectivity index is 2.23. The molecule has 0 unspecified atom stereocenters. The molecule has 0 bridgehead atoms. The number of rotatable bonds is 8. The van der Waals surface area contributed by atoms with E-state index in [9.17, 15) is 41.1 Å². The minimum absolute atomic E-state index is 0.127. The van der Waals surface area contributed by atoms with Crippen molar-refractivity contribution in [2.45, 2.75) is 25.6 Å². The first-order valence-electron chi connectivity index (χ1n) is 8.84. The van der Waals surface area contributed by atoms with E-state index < -0.39 is 61.0 Å². The number of alkyl halides is 6. The zero-order valence-corrected chi connectivity index (χ0v) is 17.1. The first kappa shape index (κ1) is 26.3. The molecule has 0 saturated heterocycles. The second-order valence-electron chi connectivity index (χ2n) is 6.57. The van der Waals surface area contributed by atoms with Crippen LogP contribution < -0.4 is 9.47 Å². The minimum Gasteiger partial charge on any atom is -0.569 e. The number of nitrogens with zero attached hydrogens (tertiary/aromatic N) is 3. The van der Waals surface area contributed by atoms with Crippen LogP contribution in [0.2, 0.25) is 0 Å². The Hall–Kier alpha value is -3.92. The molecule has 34 heavy (non-hydrogen) atoms. The van der Waals surface area contributed by atoms with Gasteiger partial charge in [0.1, 0.15) is 11.5 Å². The predicted molar refractivity (Wildman–Crippen MR) is 94.7 cm³/mol. The van der Waals surface area contributed by atoms with Crippen LogP contribution in [0, 0.1) is 12.1 Å². The largest absolute Gasteiger partial charge is 0.573 e. The number of benzene rings is 1. The normalized spacial score (nSPS) is 16.1. The van der Waals surface area contributed by atoms with Crippen LogP contribution in [0.1, 0.15) is 11.1 Å². The van der Waals surface area contributed by atoms with Gasteiger partial charge in [0.25, 0.3) is 6.79 Å². The van der Waals surface area contributed by atoms with Crippen molar-refractivity contribution in [2.24, 2.45) is 5.28 Å². The number of halogens is 6. The van der Waals surface area contributed by atoms with E-state index in [1.54, 1.807) is 0 Å². The summed E-state index contributed by atoms with van der Waals surface area (Å²) in [6.45, 7) is -0.756. The Morgan fingerprint density at radius 3 is 2.47 bits per heavy atom. The predicted octanol–water partition coefficient (Wildman–Crippen LogP) is 2.93. The summed E-state index contributed by atoms with van der Waals surface area (Å²) in [4.78, 5) is 26.7. The van der Waals surface area contributed by atoms with Crippen molar-refractivity contribution in [3.05, 3.63) is 34.0 Å². The molecule has 0 saturated carbocycles. The minimum atomic E-state index is -5.12. The van der Waals surface area contributed by atoms with Crippen LogP contribution in [0.15, 0.2) is 23.0 Å². The first-order chi connectivity index (χ1) is 15.6. The number of hydrazine groups is 1. The lowest BCUT2D eigenvalue weighted by molar-refractivity contribution is -0.704. The molecule has 1 N–H and O–H groups in total. The topological polar surface area (TPSA) is 133 Å². The lowest BCUT2D eigenvalue weighted by atomic mass is 9.99. The number of fused-ring (bicyclic) bond motifs is 1. The van der Waals surface area contributed by atoms with Gasteiger partial charge < -0.3 is 29.4 Å². The second-order valence-corrected chi connectivity index (χ2v) is 6.57. The molecule has 11 nitrogen and oxygen atoms in total. The molecule has 1 aliphatic rings. The van der Waals surface area contributed by atoms with Gasteiger partial charge in [-0.1, -0.05) is 0 Å². The third-order valence-electron chi connectivity index (χ3n) is 3.90. The quantitative estimate of drug-likeness (QED) is 0.108. The summed E-state index contributed by atoms with van der Waals surface area (Å²) in [7, 11) is 1.02. The summed E-state index contributed by atoms with van der Waals surface area (Å²) < 4.78 is 91.0. The van der Waals surface area contributed by atoms with Crippen molar-refractivity contribution in [3.8, 4) is 11.5 Å². The Morgan fingerprint density at radius 1 is 1.26 bits per heavy atom. The molecule has 1 atom stereocenters. The zero-order valence-electron chi connectivity index (χ0n) is 17.1. The van der Waals surface area contributed by atoms with Crippen molar-refractivity contribution in [2.75, 3.05) is 20.4 Å². The van der Waals surface area contributed by atoms with Gasteiger partial charge >= 0.3 is 24.5 Å². The molecule has 1 heterocycles. The maximum Gasteiger partial charge on any atom is 0.573 e. The van der Waals surface area contributed by atoms with Gasteiger partial charge in [-0.3, -0.25) is 4.79 Å². The van der Waals surface area contributed by atoms with Crippen LogP contribution in [0.3, 0.4) is 0 Å². The molecule has 1 aliphatic heterocycles. The number of hydrogen-bond acceptors (Lipinski definition) is 8. The average molecular weight is 503 g/mol. The maximum absolute atomic E-state index is 13.5. The summed E-state index contributed by atoms with van der Waals surface area (Å²) in [5.41, 5.74) is -1.58. The highest BCUT2D eigenvalue weighted by Crippen LogP contribution is 2.41. The number of esters is 1. The Labute approximate surface area is 185 Å². The third-order valence-corrected chi connectivity index (χ3v) is 3.90. The Kier molecular flexibility index (Phi) is 7.68. The number of carboxylic acids is 1. The van der Waals surface area contributed by atoms with E-state index in [4.69, 9.17) is 9.84 Å². The van der Waals surface area contributed by atoms with E-state index in [1.165, 1.54) is 6.92 Å². The number of likely N-dealkylation sites (N-methyl/N-ethyl adjacent to an activating group) is 1. The summed E-state index contributed by atoms with van der Waals surface area (Å²) in [6.07, 6.45) is -12.4. The molecule has 0 amide bonds. The fourth-order valence-corrected chi connectivity index (χ4v) is 2.62. The van der Waals surface area contributed by atoms with Gasteiger partial charge in [-0.2, -0.15) is 13.2 Å². The summed E-state index contributed by atoms with van der Waals surface area (Å²) in [5, 5.41) is 23.3. The number of aryl methyl sites for hydroxylation is 1. The Morgan fingerprint density at radius 2 is 1.91 bits per heavy atom. The van der Waals surface area contributed by atoms with Gasteiger partial charge in [0.15, 0.2) is 6.54 Å². The first-order valence-corrected chi connectivity index (χ1v) is 8.84. The molecular formula is C17H15F6N3O8. The number of aliphatic carboxylic acids is 1. The molecule has 0 aromatic heterocycles. The monoisotopic (exact) mass is 503 g/mol. The molecule has 0 aliphatic carbocycles. The van der Waals surface area contributed by atoms with Gasteiger partial charge in [0, 0.05) is 5.56 Å². The maximum atomic E-state index is 13.5. The van der Waals surface area contributed by atoms with Crippen LogP contribution in [0.25, 0.3) is 6.08 Å². The number of carbonyl (C=O) groups excluding carboxylic acids is 1. The summed E-state index contributed by atoms with van der Waals surface area (Å²) >= 11 is 0. The van der Waals surface area contributed by atoms with Crippen molar-refractivity contribution in [1.82, 2.24) is 5.01 Å². The van der Waals surface area contributed by atoms with E-state index in [-0.39, 0.29) is 16.1 Å². The molecule has 0 radical (unpaired) electrons. The summed E-state index contributed by atoms with van der Waals surface area (Å²) in [5.74, 6) is -4.21. The highest BCUT2D eigenvalue weighted by atomic mass is 19.4. The van der Waals surface area contributed by atoms with Crippen LogP contribution >= 0.6 is 0 Å². The number of ether oxygens (including phenoxy) is 3. The molecule has 2 rings (SSSR count). The van der Waals surface area contributed by atoms with E-state index in [2.05, 4.69) is 19.6 Å². The smallest absolute Gasteiger partial charge is 0.569 e. The molecule has 1 aromatic carbocycles. The fraction of sp³-hybridized carbons (Fsp3) is 0.412. The van der Waals surface area contributed by atoms with Gasteiger partial charge in [0.05, 0.1) is 17.6 Å². The highest BCUT2D eigenvalue weighted by molar-refractivity contribution is 5.96. The van der Waals surface area contributed by atoms with E-state index >= 15 is 0 Å². The number of carbonyl (C=O) groups is 2. The van der Waals surface area contributed by atoms with Gasteiger partial charge in [-0.25, -0.2) is 4.79 Å². The van der Waals surface area contributed by atoms with Crippen molar-refractivity contribution < 1.29 is 65.1 Å². The van der Waals surface area contributed by atoms with Crippen LogP contribution in [0.5, 0.6) is 11.5 Å². The van der Waals surface area contributed by atoms with Gasteiger partial charge in [-0.05, 0) is 30.7 Å². The average Bonchev–Trinajstić information content (AvgIpc) is 2.67. The van der Waals surface area contributed by atoms with Gasteiger partial charge in [0.2, 0.25) is 11.4 Å². The summed E-state index contributed by atoms with van der Waals surface area (Å²) in [6, 6.07) is 1.53. The highest BCUT2D eigenvalue weighted by Gasteiger charge is 2.49. The van der Waals surface area contributed by atoms with E-state index in [0.717, 1.165) is 19.2 Å². The Bertz CT molecular complexity index is 1010. The van der Waals surface area contributed by atoms with Crippen LogP contribution in [-0.2, 0) is 19.2 Å². The lowest BCUT2D eigenvalue weighted by Crippen LogP contribution is -2.41. The molecule has 1 aromatic rings. The van der Waals surface area contributed by atoms with Crippen LogP contribution in [-0.4, -0.2) is 66.1 Å².